The highest BCUT2D eigenvalue weighted by molar-refractivity contribution is 5.92. The molecule has 0 amide bonds. The number of ketones is 1. The van der Waals surface area contributed by atoms with Crippen molar-refractivity contribution in [3.63, 3.8) is 0 Å². The third-order valence-electron chi connectivity index (χ3n) is 2.81. The summed E-state index contributed by atoms with van der Waals surface area (Å²) in [7, 11) is 0. The van der Waals surface area contributed by atoms with Crippen LogP contribution in [0.25, 0.3) is 0 Å². The van der Waals surface area contributed by atoms with Gasteiger partial charge in [-0.2, -0.15) is 0 Å². The van der Waals surface area contributed by atoms with Crippen LogP contribution in [0.15, 0.2) is 11.8 Å². The number of carbonyl (C=O) groups is 1. The van der Waals surface area contributed by atoms with Gasteiger partial charge in [-0.25, -0.2) is 0 Å². The van der Waals surface area contributed by atoms with Gasteiger partial charge in [0.15, 0.2) is 5.78 Å². The van der Waals surface area contributed by atoms with E-state index in [-0.39, 0.29) is 5.78 Å². The van der Waals surface area contributed by atoms with Crippen LogP contribution in [0.5, 0.6) is 0 Å². The van der Waals surface area contributed by atoms with E-state index in [1.54, 1.807) is 6.08 Å². The first-order valence-corrected chi connectivity index (χ1v) is 5.32. The molecule has 0 spiro atoms. The first-order chi connectivity index (χ1) is 6.34. The Labute approximate surface area is 79.4 Å². The normalized spacial score (nSPS) is 21.8. The van der Waals surface area contributed by atoms with Gasteiger partial charge in [-0.1, -0.05) is 12.8 Å². The third kappa shape index (κ3) is 2.87. The van der Waals surface area contributed by atoms with Crippen molar-refractivity contribution >= 4 is 5.78 Å². The first-order valence-electron chi connectivity index (χ1n) is 5.32. The van der Waals surface area contributed by atoms with Crippen molar-refractivity contribution in [2.45, 2.75) is 38.5 Å². The fraction of sp³-hybridized carbons (Fsp3) is 0.727. The standard InChI is InChI=1S/C11H17NO/c13-11-6-5-10(8-11)12-7-1-2-9-3-4-9/h8-9,12H,1-7H2. The summed E-state index contributed by atoms with van der Waals surface area (Å²) in [4.78, 5) is 10.9. The summed E-state index contributed by atoms with van der Waals surface area (Å²) in [6.07, 6.45) is 8.93. The zero-order valence-corrected chi connectivity index (χ0v) is 8.01. The minimum Gasteiger partial charge on any atom is -0.388 e. The van der Waals surface area contributed by atoms with Crippen LogP contribution in [0.2, 0.25) is 0 Å². The van der Waals surface area contributed by atoms with E-state index in [1.165, 1.54) is 25.7 Å². The van der Waals surface area contributed by atoms with E-state index < -0.39 is 0 Å². The zero-order chi connectivity index (χ0) is 9.10. The Morgan fingerprint density at radius 2 is 2.23 bits per heavy atom. The van der Waals surface area contributed by atoms with Crippen molar-refractivity contribution in [2.75, 3.05) is 6.54 Å². The molecule has 13 heavy (non-hydrogen) atoms. The Morgan fingerprint density at radius 3 is 2.85 bits per heavy atom. The van der Waals surface area contributed by atoms with Gasteiger partial charge in [0.25, 0.3) is 0 Å². The molecule has 0 aromatic heterocycles. The Hall–Kier alpha value is -0.790. The van der Waals surface area contributed by atoms with E-state index in [9.17, 15) is 4.79 Å². The lowest BCUT2D eigenvalue weighted by molar-refractivity contribution is -0.114. The molecule has 0 heterocycles. The topological polar surface area (TPSA) is 29.1 Å². The maximum Gasteiger partial charge on any atom is 0.157 e. The van der Waals surface area contributed by atoms with Gasteiger partial charge in [0, 0.05) is 24.7 Å². The Kier molecular flexibility index (Phi) is 2.67. The van der Waals surface area contributed by atoms with Crippen LogP contribution in [-0.2, 0) is 4.79 Å². The van der Waals surface area contributed by atoms with Gasteiger partial charge in [0.2, 0.25) is 0 Å². The van der Waals surface area contributed by atoms with Crippen LogP contribution in [-0.4, -0.2) is 12.3 Å². The fourth-order valence-electron chi connectivity index (χ4n) is 1.78. The lowest BCUT2D eigenvalue weighted by Crippen LogP contribution is -2.13. The number of carbonyl (C=O) groups excluding carboxylic acids is 1. The van der Waals surface area contributed by atoms with Gasteiger partial charge >= 0.3 is 0 Å². The molecule has 2 rings (SSSR count). The van der Waals surface area contributed by atoms with Gasteiger partial charge in [-0.05, 0) is 25.2 Å². The Bertz CT molecular complexity index is 228. The molecule has 1 saturated carbocycles. The van der Waals surface area contributed by atoms with Gasteiger partial charge in [-0.3, -0.25) is 4.79 Å². The van der Waals surface area contributed by atoms with Gasteiger partial charge in [0.05, 0.1) is 0 Å². The van der Waals surface area contributed by atoms with E-state index in [0.717, 1.165) is 24.6 Å². The molecule has 2 aliphatic rings. The lowest BCUT2D eigenvalue weighted by Gasteiger charge is -2.05. The summed E-state index contributed by atoms with van der Waals surface area (Å²) < 4.78 is 0. The zero-order valence-electron chi connectivity index (χ0n) is 8.01. The first kappa shape index (κ1) is 8.79. The molecule has 1 fully saturated rings. The van der Waals surface area contributed by atoms with E-state index in [4.69, 9.17) is 0 Å². The Balaban J connectivity index is 1.56. The van der Waals surface area contributed by atoms with Crippen molar-refractivity contribution in [1.82, 2.24) is 5.32 Å². The van der Waals surface area contributed by atoms with Crippen LogP contribution < -0.4 is 5.32 Å². The SMILES string of the molecule is O=C1C=C(NCCCC2CC2)CC1. The molecule has 0 aromatic rings. The number of hydrogen-bond acceptors (Lipinski definition) is 2. The summed E-state index contributed by atoms with van der Waals surface area (Å²) in [6.45, 7) is 1.05. The van der Waals surface area contributed by atoms with Crippen LogP contribution in [0, 0.1) is 5.92 Å². The highest BCUT2D eigenvalue weighted by Gasteiger charge is 2.20. The second kappa shape index (κ2) is 3.95. The van der Waals surface area contributed by atoms with Crippen molar-refractivity contribution in [3.8, 4) is 0 Å². The summed E-state index contributed by atoms with van der Waals surface area (Å²) >= 11 is 0. The molecule has 2 heteroatoms. The number of nitrogens with one attached hydrogen (secondary N) is 1. The molecule has 0 radical (unpaired) electrons. The fourth-order valence-corrected chi connectivity index (χ4v) is 1.78. The number of rotatable bonds is 5. The summed E-state index contributed by atoms with van der Waals surface area (Å²) in [6, 6.07) is 0. The van der Waals surface area contributed by atoms with Gasteiger partial charge in [0.1, 0.15) is 0 Å². The predicted molar refractivity (Wildman–Crippen MR) is 52.3 cm³/mol. The highest BCUT2D eigenvalue weighted by atomic mass is 16.1. The summed E-state index contributed by atoms with van der Waals surface area (Å²) in [5.74, 6) is 1.31. The highest BCUT2D eigenvalue weighted by Crippen LogP contribution is 2.33. The van der Waals surface area contributed by atoms with Gasteiger partial charge in [-0.15, -0.1) is 0 Å². The maximum atomic E-state index is 10.9. The van der Waals surface area contributed by atoms with Crippen molar-refractivity contribution in [1.29, 1.82) is 0 Å². The van der Waals surface area contributed by atoms with E-state index in [0.29, 0.717) is 6.42 Å². The van der Waals surface area contributed by atoms with Crippen LogP contribution in [0.1, 0.15) is 38.5 Å². The van der Waals surface area contributed by atoms with Crippen molar-refractivity contribution in [2.24, 2.45) is 5.92 Å². The van der Waals surface area contributed by atoms with Crippen LogP contribution in [0.3, 0.4) is 0 Å². The summed E-state index contributed by atoms with van der Waals surface area (Å²) in [5, 5.41) is 3.34. The number of hydrogen-bond donors (Lipinski definition) is 1. The molecule has 0 aromatic carbocycles. The number of allylic oxidation sites excluding steroid dienone is 2. The monoisotopic (exact) mass is 179 g/mol. The van der Waals surface area contributed by atoms with Gasteiger partial charge < -0.3 is 5.32 Å². The summed E-state index contributed by atoms with van der Waals surface area (Å²) in [5.41, 5.74) is 1.15. The van der Waals surface area contributed by atoms with Crippen molar-refractivity contribution in [3.05, 3.63) is 11.8 Å². The molecule has 0 atom stereocenters. The molecule has 0 saturated heterocycles. The minimum atomic E-state index is 0.282. The lowest BCUT2D eigenvalue weighted by atomic mass is 10.2. The van der Waals surface area contributed by atoms with E-state index in [1.807, 2.05) is 0 Å². The molecule has 0 unspecified atom stereocenters. The Morgan fingerprint density at radius 1 is 1.38 bits per heavy atom. The predicted octanol–water partition coefficient (Wildman–Crippen LogP) is 2.01. The smallest absolute Gasteiger partial charge is 0.157 e. The third-order valence-corrected chi connectivity index (χ3v) is 2.81. The second-order valence-corrected chi connectivity index (χ2v) is 4.15. The average molecular weight is 179 g/mol. The average Bonchev–Trinajstić information content (AvgIpc) is 2.84. The largest absolute Gasteiger partial charge is 0.388 e. The molecular formula is C11H17NO. The molecule has 0 bridgehead atoms. The molecule has 1 N–H and O–H groups in total. The molecule has 2 nitrogen and oxygen atoms in total. The van der Waals surface area contributed by atoms with Crippen LogP contribution >= 0.6 is 0 Å². The minimum absolute atomic E-state index is 0.282. The molecule has 0 aliphatic heterocycles. The van der Waals surface area contributed by atoms with Crippen molar-refractivity contribution < 1.29 is 4.79 Å². The van der Waals surface area contributed by atoms with E-state index in [2.05, 4.69) is 5.32 Å². The maximum absolute atomic E-state index is 10.9. The second-order valence-electron chi connectivity index (χ2n) is 4.15. The quantitative estimate of drug-likeness (QED) is 0.654. The molecule has 2 aliphatic carbocycles. The molecular weight excluding hydrogens is 162 g/mol. The molecule has 72 valence electrons. The van der Waals surface area contributed by atoms with E-state index >= 15 is 0 Å². The van der Waals surface area contributed by atoms with Crippen LogP contribution in [0.4, 0.5) is 0 Å².